The molecule has 19 heavy (non-hydrogen) atoms. The summed E-state index contributed by atoms with van der Waals surface area (Å²) >= 11 is 3.66. The Morgan fingerprint density at radius 1 is 1.47 bits per heavy atom. The first-order valence-electron chi connectivity index (χ1n) is 6.87. The average molecular weight is 331 g/mol. The van der Waals surface area contributed by atoms with Crippen molar-refractivity contribution in [3.8, 4) is 0 Å². The van der Waals surface area contributed by atoms with Gasteiger partial charge in [-0.15, -0.1) is 0 Å². The van der Waals surface area contributed by atoms with Crippen LogP contribution in [0.25, 0.3) is 0 Å². The van der Waals surface area contributed by atoms with E-state index in [0.29, 0.717) is 6.04 Å². The molecule has 1 N–H and O–H groups in total. The summed E-state index contributed by atoms with van der Waals surface area (Å²) in [4.78, 5) is 2.29. The highest BCUT2D eigenvalue weighted by Gasteiger charge is 2.38. The van der Waals surface area contributed by atoms with E-state index in [4.69, 9.17) is 0 Å². The molecule has 0 aliphatic rings. The summed E-state index contributed by atoms with van der Waals surface area (Å²) in [5.41, 5.74) is 1.25. The number of nitrogens with one attached hydrogen (secondary N) is 1. The van der Waals surface area contributed by atoms with Gasteiger partial charge in [-0.1, -0.05) is 6.92 Å². The lowest BCUT2D eigenvalue weighted by atomic mass is 9.85. The molecule has 110 valence electrons. The lowest BCUT2D eigenvalue weighted by Crippen LogP contribution is -2.51. The number of hydrogen-bond donors (Lipinski definition) is 1. The smallest absolute Gasteiger partial charge is 0.0717 e. The summed E-state index contributed by atoms with van der Waals surface area (Å²) in [7, 11) is 6.29. The lowest BCUT2D eigenvalue weighted by Gasteiger charge is -2.43. The van der Waals surface area contributed by atoms with Crippen molar-refractivity contribution < 1.29 is 0 Å². The van der Waals surface area contributed by atoms with Crippen molar-refractivity contribution in [1.82, 2.24) is 20.0 Å². The van der Waals surface area contributed by atoms with Crippen LogP contribution >= 0.6 is 15.9 Å². The molecule has 5 heteroatoms. The van der Waals surface area contributed by atoms with Crippen LogP contribution in [0.1, 0.15) is 51.9 Å². The monoisotopic (exact) mass is 330 g/mol. The van der Waals surface area contributed by atoms with Crippen molar-refractivity contribution >= 4 is 15.9 Å². The summed E-state index contributed by atoms with van der Waals surface area (Å²) in [6.45, 7) is 8.84. The van der Waals surface area contributed by atoms with Gasteiger partial charge in [0.25, 0.3) is 0 Å². The predicted octanol–water partition coefficient (Wildman–Crippen LogP) is 3.22. The highest BCUT2D eigenvalue weighted by Crippen LogP contribution is 2.36. The first-order valence-corrected chi connectivity index (χ1v) is 7.66. The molecule has 4 nitrogen and oxygen atoms in total. The topological polar surface area (TPSA) is 33.1 Å². The zero-order chi connectivity index (χ0) is 14.8. The summed E-state index contributed by atoms with van der Waals surface area (Å²) in [6, 6.07) is 0.562. The second-order valence-electron chi connectivity index (χ2n) is 5.74. The fourth-order valence-corrected chi connectivity index (χ4v) is 3.06. The molecule has 1 aromatic rings. The molecule has 0 aliphatic carbocycles. The largest absolute Gasteiger partial charge is 0.310 e. The SMILES string of the molecule is CCC(C)(C(NC)c1c(Br)cnn1C(C)C)N(C)C. The van der Waals surface area contributed by atoms with Crippen LogP contribution in [0.5, 0.6) is 0 Å². The molecule has 1 aromatic heterocycles. The van der Waals surface area contributed by atoms with Crippen molar-refractivity contribution in [2.75, 3.05) is 21.1 Å². The molecule has 0 fully saturated rings. The van der Waals surface area contributed by atoms with Gasteiger partial charge in [-0.2, -0.15) is 5.10 Å². The molecule has 2 unspecified atom stereocenters. The Labute approximate surface area is 125 Å². The summed E-state index contributed by atoms with van der Waals surface area (Å²) < 4.78 is 3.17. The molecule has 0 saturated heterocycles. The molecule has 0 saturated carbocycles. The third-order valence-corrected chi connectivity index (χ3v) is 4.81. The van der Waals surface area contributed by atoms with Crippen molar-refractivity contribution in [2.24, 2.45) is 0 Å². The highest BCUT2D eigenvalue weighted by molar-refractivity contribution is 9.10. The first-order chi connectivity index (χ1) is 8.79. The highest BCUT2D eigenvalue weighted by atomic mass is 79.9. The van der Waals surface area contributed by atoms with Crippen LogP contribution in [0.3, 0.4) is 0 Å². The second-order valence-corrected chi connectivity index (χ2v) is 6.60. The average Bonchev–Trinajstić information content (AvgIpc) is 2.72. The van der Waals surface area contributed by atoms with E-state index in [9.17, 15) is 0 Å². The Bertz CT molecular complexity index is 414. The van der Waals surface area contributed by atoms with Gasteiger partial charge in [0.2, 0.25) is 0 Å². The molecule has 0 amide bonds. The Kier molecular flexibility index (Phi) is 5.59. The van der Waals surface area contributed by atoms with Gasteiger partial charge in [0.05, 0.1) is 22.4 Å². The van der Waals surface area contributed by atoms with E-state index in [2.05, 4.69) is 77.7 Å². The zero-order valence-corrected chi connectivity index (χ0v) is 14.7. The van der Waals surface area contributed by atoms with Gasteiger partial charge in [0.1, 0.15) is 0 Å². The fourth-order valence-electron chi connectivity index (χ4n) is 2.55. The van der Waals surface area contributed by atoms with E-state index in [1.165, 1.54) is 5.69 Å². The maximum atomic E-state index is 4.50. The molecule has 0 bridgehead atoms. The molecule has 1 heterocycles. The van der Waals surface area contributed by atoms with Gasteiger partial charge in [-0.25, -0.2) is 0 Å². The van der Waals surface area contributed by atoms with E-state index in [-0.39, 0.29) is 11.6 Å². The Morgan fingerprint density at radius 2 is 2.05 bits per heavy atom. The number of nitrogens with zero attached hydrogens (tertiary/aromatic N) is 3. The number of aromatic nitrogens is 2. The minimum atomic E-state index is 0.0317. The van der Waals surface area contributed by atoms with Crippen LogP contribution in [0.4, 0.5) is 0 Å². The molecule has 0 spiro atoms. The van der Waals surface area contributed by atoms with Crippen LogP contribution < -0.4 is 5.32 Å². The quantitative estimate of drug-likeness (QED) is 0.869. The number of likely N-dealkylation sites (N-methyl/N-ethyl adjacent to an activating group) is 2. The predicted molar refractivity (Wildman–Crippen MR) is 84.5 cm³/mol. The normalized spacial score (nSPS) is 16.9. The Morgan fingerprint density at radius 3 is 2.42 bits per heavy atom. The molecular formula is C14H27BrN4. The molecule has 0 aliphatic heterocycles. The van der Waals surface area contributed by atoms with Crippen LogP contribution in [0, 0.1) is 0 Å². The number of halogens is 1. The second kappa shape index (κ2) is 6.37. The fraction of sp³-hybridized carbons (Fsp3) is 0.786. The molecule has 1 rings (SSSR count). The third kappa shape index (κ3) is 3.03. The van der Waals surface area contributed by atoms with E-state index in [0.717, 1.165) is 10.9 Å². The molecule has 0 radical (unpaired) electrons. The van der Waals surface area contributed by atoms with E-state index >= 15 is 0 Å². The summed E-state index contributed by atoms with van der Waals surface area (Å²) in [5.74, 6) is 0. The zero-order valence-electron chi connectivity index (χ0n) is 13.2. The Balaban J connectivity index is 3.35. The van der Waals surface area contributed by atoms with E-state index in [1.54, 1.807) is 0 Å². The summed E-state index contributed by atoms with van der Waals surface area (Å²) in [5, 5.41) is 7.98. The number of hydrogen-bond acceptors (Lipinski definition) is 3. The molecule has 2 atom stereocenters. The Hall–Kier alpha value is -0.390. The van der Waals surface area contributed by atoms with Gasteiger partial charge in [0.15, 0.2) is 0 Å². The van der Waals surface area contributed by atoms with Crippen molar-refractivity contribution in [1.29, 1.82) is 0 Å². The third-order valence-electron chi connectivity index (χ3n) is 4.20. The van der Waals surface area contributed by atoms with E-state index < -0.39 is 0 Å². The standard InChI is InChI=1S/C14H27BrN4/c1-8-14(4,18(6)7)13(16-5)12-11(15)9-17-19(12)10(2)3/h9-10,13,16H,8H2,1-7H3. The van der Waals surface area contributed by atoms with Crippen molar-refractivity contribution in [2.45, 2.75) is 51.7 Å². The van der Waals surface area contributed by atoms with E-state index in [1.807, 2.05) is 13.2 Å². The maximum Gasteiger partial charge on any atom is 0.0717 e. The summed E-state index contributed by atoms with van der Waals surface area (Å²) in [6.07, 6.45) is 2.95. The van der Waals surface area contributed by atoms with Crippen molar-refractivity contribution in [3.05, 3.63) is 16.4 Å². The lowest BCUT2D eigenvalue weighted by molar-refractivity contribution is 0.111. The maximum absolute atomic E-state index is 4.50. The molecule has 0 aromatic carbocycles. The van der Waals surface area contributed by atoms with Gasteiger partial charge in [-0.05, 0) is 64.3 Å². The van der Waals surface area contributed by atoms with Gasteiger partial charge < -0.3 is 10.2 Å². The first kappa shape index (κ1) is 16.7. The number of rotatable bonds is 6. The minimum absolute atomic E-state index is 0.0317. The van der Waals surface area contributed by atoms with Gasteiger partial charge >= 0.3 is 0 Å². The van der Waals surface area contributed by atoms with Crippen molar-refractivity contribution in [3.63, 3.8) is 0 Å². The van der Waals surface area contributed by atoms with Crippen LogP contribution in [-0.4, -0.2) is 41.4 Å². The van der Waals surface area contributed by atoms with Gasteiger partial charge in [0, 0.05) is 11.6 Å². The van der Waals surface area contributed by atoms with Gasteiger partial charge in [-0.3, -0.25) is 4.68 Å². The van der Waals surface area contributed by atoms with Crippen LogP contribution in [-0.2, 0) is 0 Å². The van der Waals surface area contributed by atoms with Crippen LogP contribution in [0.15, 0.2) is 10.7 Å². The minimum Gasteiger partial charge on any atom is -0.310 e. The van der Waals surface area contributed by atoms with Crippen LogP contribution in [0.2, 0.25) is 0 Å². The molecular weight excluding hydrogens is 304 g/mol.